The lowest BCUT2D eigenvalue weighted by Gasteiger charge is -2.39. The molecule has 0 aromatic heterocycles. The summed E-state index contributed by atoms with van der Waals surface area (Å²) in [7, 11) is -3.68. The number of aryl methyl sites for hydroxylation is 1. The van der Waals surface area contributed by atoms with Crippen LogP contribution in [0.3, 0.4) is 0 Å². The van der Waals surface area contributed by atoms with Crippen molar-refractivity contribution in [3.63, 3.8) is 0 Å². The third-order valence-corrected chi connectivity index (χ3v) is 9.50. The minimum Gasteiger partial charge on any atom is -0.481 e. The van der Waals surface area contributed by atoms with Crippen molar-refractivity contribution >= 4 is 21.6 Å². The van der Waals surface area contributed by atoms with E-state index in [1.54, 1.807) is 28.6 Å². The van der Waals surface area contributed by atoms with Gasteiger partial charge in [-0.3, -0.25) is 9.69 Å². The first-order valence-electron chi connectivity index (χ1n) is 14.3. The Hall–Kier alpha value is -3.98. The highest BCUT2D eigenvalue weighted by molar-refractivity contribution is 7.89. The number of amides is 1. The molecule has 0 radical (unpaired) electrons. The van der Waals surface area contributed by atoms with Gasteiger partial charge < -0.3 is 10.1 Å². The van der Waals surface area contributed by atoms with Gasteiger partial charge in [-0.05, 0) is 60.9 Å². The number of nitrogens with one attached hydrogen (secondary N) is 1. The Morgan fingerprint density at radius 2 is 1.33 bits per heavy atom. The van der Waals surface area contributed by atoms with E-state index in [9.17, 15) is 13.2 Å². The number of anilines is 1. The molecular weight excluding hydrogens is 546 g/mol. The van der Waals surface area contributed by atoms with Gasteiger partial charge in [-0.2, -0.15) is 4.31 Å². The van der Waals surface area contributed by atoms with Crippen molar-refractivity contribution in [3.8, 4) is 5.75 Å². The molecule has 0 bridgehead atoms. The summed E-state index contributed by atoms with van der Waals surface area (Å²) in [5.41, 5.74) is 4.00. The average molecular weight is 584 g/mol. The van der Waals surface area contributed by atoms with Crippen LogP contribution < -0.4 is 10.1 Å². The fourth-order valence-corrected chi connectivity index (χ4v) is 6.69. The molecule has 1 N–H and O–H groups in total. The van der Waals surface area contributed by atoms with Crippen LogP contribution in [0.5, 0.6) is 5.75 Å². The molecular formula is C34H37N3O4S. The molecule has 0 spiro atoms. The molecule has 1 atom stereocenters. The summed E-state index contributed by atoms with van der Waals surface area (Å²) in [5.74, 6) is 0.346. The van der Waals surface area contributed by atoms with Crippen molar-refractivity contribution < 1.29 is 17.9 Å². The lowest BCUT2D eigenvalue weighted by atomic mass is 9.96. The van der Waals surface area contributed by atoms with Crippen molar-refractivity contribution in [2.45, 2.75) is 37.3 Å². The van der Waals surface area contributed by atoms with Crippen molar-refractivity contribution in [1.82, 2.24) is 9.21 Å². The van der Waals surface area contributed by atoms with Gasteiger partial charge in [0.2, 0.25) is 10.0 Å². The third-order valence-electron chi connectivity index (χ3n) is 7.59. The maximum Gasteiger partial charge on any atom is 0.265 e. The molecule has 1 fully saturated rings. The molecule has 8 heteroatoms. The Morgan fingerprint density at radius 3 is 1.86 bits per heavy atom. The fourth-order valence-electron chi connectivity index (χ4n) is 5.27. The number of carbonyl (C=O) groups excluding carboxylic acids is 1. The fraction of sp³-hybridized carbons (Fsp3) is 0.265. The smallest absolute Gasteiger partial charge is 0.265 e. The summed E-state index contributed by atoms with van der Waals surface area (Å²) < 4.78 is 34.5. The molecule has 42 heavy (non-hydrogen) atoms. The van der Waals surface area contributed by atoms with Crippen molar-refractivity contribution in [3.05, 3.63) is 126 Å². The number of benzene rings is 4. The summed E-state index contributed by atoms with van der Waals surface area (Å²) in [6.45, 7) is 5.89. The van der Waals surface area contributed by atoms with Crippen LogP contribution in [0.2, 0.25) is 0 Å². The van der Waals surface area contributed by atoms with E-state index in [0.717, 1.165) is 5.56 Å². The molecule has 1 amide bonds. The second kappa shape index (κ2) is 13.3. The molecule has 4 aromatic rings. The SMILES string of the molecule is CCC(Oc1ccc(C)cc1)C(=O)Nc1ccc(S(=O)(=O)N2CCN(C(c3ccccc3)c3ccccc3)CC2)cc1. The van der Waals surface area contributed by atoms with Gasteiger partial charge in [-0.25, -0.2) is 8.42 Å². The minimum atomic E-state index is -3.68. The largest absolute Gasteiger partial charge is 0.481 e. The molecule has 1 unspecified atom stereocenters. The van der Waals surface area contributed by atoms with Gasteiger partial charge in [-0.1, -0.05) is 85.3 Å². The standard InChI is InChI=1S/C34H37N3O4S/c1-3-32(41-30-18-14-26(2)15-19-30)34(38)35-29-16-20-31(21-17-29)42(39,40)37-24-22-36(23-25-37)33(27-10-6-4-7-11-27)28-12-8-5-9-13-28/h4-21,32-33H,3,22-25H2,1-2H3,(H,35,38). The van der Waals surface area contributed by atoms with Crippen LogP contribution in [0.4, 0.5) is 5.69 Å². The molecule has 5 rings (SSSR count). The van der Waals surface area contributed by atoms with E-state index in [4.69, 9.17) is 4.74 Å². The maximum absolute atomic E-state index is 13.5. The van der Waals surface area contributed by atoms with Crippen LogP contribution in [0, 0.1) is 6.92 Å². The van der Waals surface area contributed by atoms with E-state index in [1.165, 1.54) is 11.1 Å². The molecule has 7 nitrogen and oxygen atoms in total. The topological polar surface area (TPSA) is 78.9 Å². The number of carbonyl (C=O) groups is 1. The first kappa shape index (κ1) is 29.5. The van der Waals surface area contributed by atoms with Crippen LogP contribution in [-0.4, -0.2) is 55.8 Å². The van der Waals surface area contributed by atoms with Crippen LogP contribution in [0.15, 0.2) is 114 Å². The number of nitrogens with zero attached hydrogens (tertiary/aromatic N) is 2. The Labute approximate surface area is 248 Å². The van der Waals surface area contributed by atoms with Crippen molar-refractivity contribution in [1.29, 1.82) is 0 Å². The second-order valence-electron chi connectivity index (χ2n) is 10.5. The highest BCUT2D eigenvalue weighted by atomic mass is 32.2. The van der Waals surface area contributed by atoms with Gasteiger partial charge in [0, 0.05) is 31.9 Å². The summed E-state index contributed by atoms with van der Waals surface area (Å²) in [6, 6.07) is 34.6. The first-order valence-corrected chi connectivity index (χ1v) is 15.8. The predicted molar refractivity (Wildman–Crippen MR) is 166 cm³/mol. The Bertz CT molecular complexity index is 1510. The zero-order valence-corrected chi connectivity index (χ0v) is 24.8. The van der Waals surface area contributed by atoms with E-state index in [0.29, 0.717) is 44.0 Å². The van der Waals surface area contributed by atoms with Crippen LogP contribution in [-0.2, 0) is 14.8 Å². The third kappa shape index (κ3) is 6.90. The molecule has 1 heterocycles. The maximum atomic E-state index is 13.5. The van der Waals surface area contributed by atoms with E-state index in [2.05, 4.69) is 34.5 Å². The van der Waals surface area contributed by atoms with Crippen molar-refractivity contribution in [2.24, 2.45) is 0 Å². The van der Waals surface area contributed by atoms with E-state index in [-0.39, 0.29) is 16.8 Å². The number of sulfonamides is 1. The molecule has 0 saturated carbocycles. The number of ether oxygens (including phenoxy) is 1. The molecule has 1 saturated heterocycles. The van der Waals surface area contributed by atoms with Gasteiger partial charge in [0.15, 0.2) is 6.10 Å². The zero-order chi connectivity index (χ0) is 29.5. The summed E-state index contributed by atoms with van der Waals surface area (Å²) in [5, 5.41) is 2.85. The highest BCUT2D eigenvalue weighted by Gasteiger charge is 2.32. The van der Waals surface area contributed by atoms with E-state index < -0.39 is 16.1 Å². The predicted octanol–water partition coefficient (Wildman–Crippen LogP) is 5.89. The summed E-state index contributed by atoms with van der Waals surface area (Å²) in [4.78, 5) is 15.4. The average Bonchev–Trinajstić information content (AvgIpc) is 3.02. The summed E-state index contributed by atoms with van der Waals surface area (Å²) in [6.07, 6.45) is -0.170. The second-order valence-corrected chi connectivity index (χ2v) is 12.4. The monoisotopic (exact) mass is 583 g/mol. The normalized spacial score (nSPS) is 15.3. The van der Waals surface area contributed by atoms with E-state index in [1.807, 2.05) is 74.5 Å². The zero-order valence-electron chi connectivity index (χ0n) is 24.0. The van der Waals surface area contributed by atoms with Crippen LogP contribution in [0.25, 0.3) is 0 Å². The van der Waals surface area contributed by atoms with E-state index >= 15 is 0 Å². The van der Waals surface area contributed by atoms with Crippen molar-refractivity contribution in [2.75, 3.05) is 31.5 Å². The van der Waals surface area contributed by atoms with Crippen LogP contribution >= 0.6 is 0 Å². The number of hydrogen-bond acceptors (Lipinski definition) is 5. The van der Waals surface area contributed by atoms with Gasteiger partial charge in [0.05, 0.1) is 10.9 Å². The Kier molecular flexibility index (Phi) is 9.37. The van der Waals surface area contributed by atoms with Gasteiger partial charge in [0.25, 0.3) is 5.91 Å². The Balaban J connectivity index is 1.22. The molecule has 0 aliphatic carbocycles. The van der Waals surface area contributed by atoms with Gasteiger partial charge >= 0.3 is 0 Å². The molecule has 4 aromatic carbocycles. The Morgan fingerprint density at radius 1 is 0.786 bits per heavy atom. The molecule has 1 aliphatic heterocycles. The quantitative estimate of drug-likeness (QED) is 0.252. The van der Waals surface area contributed by atoms with Crippen LogP contribution in [0.1, 0.15) is 36.1 Å². The highest BCUT2D eigenvalue weighted by Crippen LogP contribution is 2.30. The lowest BCUT2D eigenvalue weighted by molar-refractivity contribution is -0.122. The number of piperazine rings is 1. The lowest BCUT2D eigenvalue weighted by Crippen LogP contribution is -2.49. The molecule has 218 valence electrons. The van der Waals surface area contributed by atoms with Gasteiger partial charge in [0.1, 0.15) is 5.75 Å². The number of hydrogen-bond donors (Lipinski definition) is 1. The van der Waals surface area contributed by atoms with Gasteiger partial charge in [-0.15, -0.1) is 0 Å². The summed E-state index contributed by atoms with van der Waals surface area (Å²) >= 11 is 0. The number of rotatable bonds is 10. The molecule has 1 aliphatic rings. The minimum absolute atomic E-state index is 0.0575. The first-order chi connectivity index (χ1) is 20.3.